The molecule has 0 bridgehead atoms. The Hall–Kier alpha value is -4.78. The fourth-order valence-electron chi connectivity index (χ4n) is 6.56. The van der Waals surface area contributed by atoms with Crippen molar-refractivity contribution in [3.63, 3.8) is 0 Å². The highest BCUT2D eigenvalue weighted by atomic mass is 32.1. The van der Waals surface area contributed by atoms with Crippen LogP contribution in [0.1, 0.15) is 23.3 Å². The van der Waals surface area contributed by atoms with Gasteiger partial charge in [0.2, 0.25) is 0 Å². The van der Waals surface area contributed by atoms with Gasteiger partial charge in [0.15, 0.2) is 0 Å². The third-order valence-corrected chi connectivity index (χ3v) is 8.98. The molecule has 0 amide bonds. The summed E-state index contributed by atoms with van der Waals surface area (Å²) in [4.78, 5) is 5.27. The number of hydrogen-bond donors (Lipinski definition) is 0. The van der Waals surface area contributed by atoms with Crippen LogP contribution in [0.5, 0.6) is 0 Å². The third-order valence-electron chi connectivity index (χ3n) is 8.05. The van der Waals surface area contributed by atoms with E-state index in [9.17, 15) is 5.26 Å². The minimum Gasteiger partial charge on any atom is -0.243 e. The van der Waals surface area contributed by atoms with Crippen LogP contribution in [0.4, 0.5) is 0 Å². The standard InChI is InChI=1S/C36H22N2S/c37-20-24-21-38-36(39-24)28-18-19-30-33-27(28)16-9-17-29(33)34-31(22-10-3-1-4-11-22)25-14-7-8-15-26(25)32(35(30)34)23-12-5-2-6-13-23/h1-8,10-16,18-19,21H,9,17H2. The van der Waals surface area contributed by atoms with Crippen molar-refractivity contribution in [2.24, 2.45) is 0 Å². The van der Waals surface area contributed by atoms with Crippen LogP contribution >= 0.6 is 11.3 Å². The van der Waals surface area contributed by atoms with E-state index < -0.39 is 0 Å². The molecule has 0 saturated carbocycles. The van der Waals surface area contributed by atoms with Crippen molar-refractivity contribution in [1.29, 1.82) is 5.26 Å². The van der Waals surface area contributed by atoms with Crippen molar-refractivity contribution < 1.29 is 0 Å². The maximum atomic E-state index is 9.43. The first kappa shape index (κ1) is 22.2. The van der Waals surface area contributed by atoms with Gasteiger partial charge in [0.1, 0.15) is 16.0 Å². The van der Waals surface area contributed by atoms with E-state index in [2.05, 4.69) is 114 Å². The zero-order chi connectivity index (χ0) is 25.9. The van der Waals surface area contributed by atoms with Gasteiger partial charge < -0.3 is 0 Å². The summed E-state index contributed by atoms with van der Waals surface area (Å²) in [5.74, 6) is 0. The molecule has 0 aliphatic heterocycles. The normalized spacial score (nSPS) is 13.1. The van der Waals surface area contributed by atoms with Crippen LogP contribution in [0.25, 0.3) is 66.4 Å². The van der Waals surface area contributed by atoms with Crippen LogP contribution in [-0.2, 0) is 0 Å². The Morgan fingerprint density at radius 3 is 1.92 bits per heavy atom. The molecule has 1 heterocycles. The summed E-state index contributed by atoms with van der Waals surface area (Å²) in [6.45, 7) is 0. The number of benzene rings is 5. The Morgan fingerprint density at radius 1 is 0.667 bits per heavy atom. The summed E-state index contributed by atoms with van der Waals surface area (Å²) < 4.78 is 0. The second-order valence-electron chi connectivity index (χ2n) is 10.1. The Morgan fingerprint density at radius 2 is 1.28 bits per heavy atom. The number of thiazole rings is 1. The lowest BCUT2D eigenvalue weighted by Crippen LogP contribution is -2.31. The van der Waals surface area contributed by atoms with Gasteiger partial charge in [-0.3, -0.25) is 0 Å². The van der Waals surface area contributed by atoms with Gasteiger partial charge in [-0.05, 0) is 78.6 Å². The molecule has 5 aromatic carbocycles. The number of nitriles is 1. The maximum Gasteiger partial charge on any atom is 0.125 e. The van der Waals surface area contributed by atoms with Crippen LogP contribution in [0.3, 0.4) is 0 Å². The number of nitrogens with zero attached hydrogens (tertiary/aromatic N) is 2. The summed E-state index contributed by atoms with van der Waals surface area (Å²) >= 11 is 1.47. The van der Waals surface area contributed by atoms with Gasteiger partial charge >= 0.3 is 0 Å². The smallest absolute Gasteiger partial charge is 0.125 e. The maximum absolute atomic E-state index is 9.43. The fourth-order valence-corrected chi connectivity index (χ4v) is 7.31. The molecule has 1 aromatic heterocycles. The van der Waals surface area contributed by atoms with Gasteiger partial charge in [-0.15, -0.1) is 11.3 Å². The van der Waals surface area contributed by atoms with Crippen molar-refractivity contribution in [1.82, 2.24) is 4.98 Å². The Balaban J connectivity index is 1.57. The molecule has 0 unspecified atom stereocenters. The number of hydrogen-bond acceptors (Lipinski definition) is 3. The summed E-state index contributed by atoms with van der Waals surface area (Å²) in [7, 11) is 0. The highest BCUT2D eigenvalue weighted by Crippen LogP contribution is 2.51. The molecular formula is C36H22N2S. The lowest BCUT2D eigenvalue weighted by molar-refractivity contribution is 1.09. The first-order chi connectivity index (χ1) is 19.3. The van der Waals surface area contributed by atoms with Crippen LogP contribution in [0, 0.1) is 11.3 Å². The molecule has 3 heteroatoms. The summed E-state index contributed by atoms with van der Waals surface area (Å²) in [5.41, 5.74) is 11.7. The molecule has 0 saturated heterocycles. The molecular weight excluding hydrogens is 492 g/mol. The highest BCUT2D eigenvalue weighted by molar-refractivity contribution is 7.15. The molecule has 2 nitrogen and oxygen atoms in total. The second kappa shape index (κ2) is 8.63. The zero-order valence-corrected chi connectivity index (χ0v) is 21.9. The van der Waals surface area contributed by atoms with E-state index in [-0.39, 0.29) is 0 Å². The van der Waals surface area contributed by atoms with E-state index in [1.165, 1.54) is 77.1 Å². The van der Waals surface area contributed by atoms with Gasteiger partial charge in [-0.1, -0.05) is 103 Å². The number of fused-ring (bicyclic) bond motifs is 4. The number of aromatic nitrogens is 1. The Bertz CT molecular complexity index is 2110. The van der Waals surface area contributed by atoms with Crippen molar-refractivity contribution in [3.05, 3.63) is 124 Å². The average Bonchev–Trinajstić information content (AvgIpc) is 3.61. The molecule has 0 fully saturated rings. The second-order valence-corrected chi connectivity index (χ2v) is 11.1. The minimum atomic E-state index is 0.643. The van der Waals surface area contributed by atoms with Crippen LogP contribution < -0.4 is 10.4 Å². The molecule has 8 rings (SSSR count). The monoisotopic (exact) mass is 514 g/mol. The predicted octanol–water partition coefficient (Wildman–Crippen LogP) is 7.92. The van der Waals surface area contributed by atoms with E-state index >= 15 is 0 Å². The van der Waals surface area contributed by atoms with Crippen molar-refractivity contribution in [2.45, 2.75) is 12.8 Å². The number of rotatable bonds is 3. The average molecular weight is 515 g/mol. The molecule has 2 aliphatic rings. The first-order valence-electron chi connectivity index (χ1n) is 13.3. The van der Waals surface area contributed by atoms with Crippen molar-refractivity contribution >= 4 is 33.8 Å². The molecule has 0 N–H and O–H groups in total. The lowest BCUT2D eigenvalue weighted by Gasteiger charge is -2.21. The third kappa shape index (κ3) is 3.22. The van der Waals surface area contributed by atoms with Crippen LogP contribution in [0.15, 0.2) is 103 Å². The zero-order valence-electron chi connectivity index (χ0n) is 21.1. The van der Waals surface area contributed by atoms with Crippen molar-refractivity contribution in [2.75, 3.05) is 0 Å². The van der Waals surface area contributed by atoms with Crippen LogP contribution in [0.2, 0.25) is 0 Å². The lowest BCUT2D eigenvalue weighted by atomic mass is 9.81. The minimum absolute atomic E-state index is 0.643. The molecule has 0 atom stereocenters. The van der Waals surface area contributed by atoms with E-state index in [0.717, 1.165) is 23.4 Å². The Kier molecular flexibility index (Phi) is 4.92. The summed E-state index contributed by atoms with van der Waals surface area (Å²) in [6, 6.07) is 37.4. The fraction of sp³-hybridized carbons (Fsp3) is 0.0556. The molecule has 39 heavy (non-hydrogen) atoms. The largest absolute Gasteiger partial charge is 0.243 e. The highest BCUT2D eigenvalue weighted by Gasteiger charge is 2.31. The van der Waals surface area contributed by atoms with Gasteiger partial charge in [-0.2, -0.15) is 5.26 Å². The van der Waals surface area contributed by atoms with Gasteiger partial charge in [-0.25, -0.2) is 4.98 Å². The van der Waals surface area contributed by atoms with Gasteiger partial charge in [0.05, 0.1) is 6.20 Å². The summed E-state index contributed by atoms with van der Waals surface area (Å²) in [6.07, 6.45) is 6.05. The summed E-state index contributed by atoms with van der Waals surface area (Å²) in [5, 5.41) is 15.5. The molecule has 182 valence electrons. The SMILES string of the molecule is N#Cc1cnc(-c2ccc3c4c2=CCCC=4c2c-3c(-c3ccccc3)c3ccccc3c2-c2ccccc2)s1. The molecule has 0 radical (unpaired) electrons. The van der Waals surface area contributed by atoms with Gasteiger partial charge in [0, 0.05) is 5.56 Å². The topological polar surface area (TPSA) is 36.7 Å². The molecule has 6 aromatic rings. The van der Waals surface area contributed by atoms with Crippen LogP contribution in [-0.4, -0.2) is 4.98 Å². The molecule has 0 spiro atoms. The molecule has 2 aliphatic carbocycles. The first-order valence-corrected chi connectivity index (χ1v) is 14.1. The quantitative estimate of drug-likeness (QED) is 0.240. The van der Waals surface area contributed by atoms with Gasteiger partial charge in [0.25, 0.3) is 0 Å². The van der Waals surface area contributed by atoms with E-state index in [4.69, 9.17) is 0 Å². The Labute approximate surface area is 230 Å². The predicted molar refractivity (Wildman–Crippen MR) is 162 cm³/mol. The van der Waals surface area contributed by atoms with E-state index in [1.54, 1.807) is 6.20 Å². The van der Waals surface area contributed by atoms with E-state index in [0.29, 0.717) is 4.88 Å². The van der Waals surface area contributed by atoms with Crippen molar-refractivity contribution in [3.8, 4) is 50.0 Å². The van der Waals surface area contributed by atoms with E-state index in [1.807, 2.05) is 0 Å².